The first-order valence-electron chi connectivity index (χ1n) is 7.47. The molecule has 1 aromatic rings. The van der Waals surface area contributed by atoms with Gasteiger partial charge in [-0.3, -0.25) is 0 Å². The molecule has 4 heteroatoms. The van der Waals surface area contributed by atoms with Crippen LogP contribution in [0.5, 0.6) is 5.75 Å². The van der Waals surface area contributed by atoms with E-state index in [4.69, 9.17) is 14.2 Å². The minimum absolute atomic E-state index is 0.0901. The van der Waals surface area contributed by atoms with Crippen LogP contribution in [0.15, 0.2) is 24.3 Å². The summed E-state index contributed by atoms with van der Waals surface area (Å²) in [5.74, 6) is 0.833. The maximum absolute atomic E-state index is 9.79. The molecule has 4 nitrogen and oxygen atoms in total. The fraction of sp³-hybridized carbons (Fsp3) is 0.647. The van der Waals surface area contributed by atoms with E-state index >= 15 is 0 Å². The first-order valence-corrected chi connectivity index (χ1v) is 7.47. The van der Waals surface area contributed by atoms with E-state index in [2.05, 4.69) is 32.9 Å². The number of hydrogen-bond donors (Lipinski definition) is 1. The molecular formula is C17H26O4. The van der Waals surface area contributed by atoms with Gasteiger partial charge in [0, 0.05) is 13.5 Å². The summed E-state index contributed by atoms with van der Waals surface area (Å²) in [6.07, 6.45) is -0.194. The first kappa shape index (κ1) is 16.3. The van der Waals surface area contributed by atoms with E-state index in [0.717, 1.165) is 5.75 Å². The molecule has 0 spiro atoms. The molecule has 118 valence electrons. The normalized spacial score (nSPS) is 25.5. The predicted octanol–water partition coefficient (Wildman–Crippen LogP) is 2.53. The molecule has 0 bridgehead atoms. The Labute approximate surface area is 127 Å². The van der Waals surface area contributed by atoms with Gasteiger partial charge < -0.3 is 19.3 Å². The fourth-order valence-electron chi connectivity index (χ4n) is 2.37. The van der Waals surface area contributed by atoms with Gasteiger partial charge in [0.15, 0.2) is 0 Å². The number of hydrogen-bond acceptors (Lipinski definition) is 4. The predicted molar refractivity (Wildman–Crippen MR) is 81.8 cm³/mol. The van der Waals surface area contributed by atoms with Crippen molar-refractivity contribution in [1.82, 2.24) is 0 Å². The van der Waals surface area contributed by atoms with E-state index in [0.29, 0.717) is 19.6 Å². The third-order valence-corrected chi connectivity index (χ3v) is 3.80. The van der Waals surface area contributed by atoms with Crippen molar-refractivity contribution in [3.63, 3.8) is 0 Å². The highest BCUT2D eigenvalue weighted by atomic mass is 16.6. The summed E-state index contributed by atoms with van der Waals surface area (Å²) in [5, 5.41) is 9.79. The minimum atomic E-state index is -0.447. The van der Waals surface area contributed by atoms with Crippen molar-refractivity contribution < 1.29 is 19.3 Å². The van der Waals surface area contributed by atoms with E-state index in [1.54, 1.807) is 7.11 Å². The molecule has 0 aliphatic heterocycles. The first-order chi connectivity index (χ1) is 9.91. The van der Waals surface area contributed by atoms with Crippen molar-refractivity contribution in [1.29, 1.82) is 0 Å². The zero-order valence-electron chi connectivity index (χ0n) is 13.3. The van der Waals surface area contributed by atoms with E-state index in [9.17, 15) is 5.11 Å². The molecule has 0 amide bonds. The van der Waals surface area contributed by atoms with Gasteiger partial charge in [-0.25, -0.2) is 0 Å². The molecule has 2 rings (SSSR count). The molecule has 1 N–H and O–H groups in total. The van der Waals surface area contributed by atoms with Crippen LogP contribution in [0, 0.1) is 0 Å². The van der Waals surface area contributed by atoms with Gasteiger partial charge >= 0.3 is 0 Å². The Bertz CT molecular complexity index is 452. The Morgan fingerprint density at radius 1 is 1.24 bits per heavy atom. The number of aliphatic hydroxyl groups is 1. The quantitative estimate of drug-likeness (QED) is 0.819. The van der Waals surface area contributed by atoms with Crippen LogP contribution in [0.2, 0.25) is 0 Å². The Morgan fingerprint density at radius 3 is 2.62 bits per heavy atom. The topological polar surface area (TPSA) is 47.9 Å². The third-order valence-electron chi connectivity index (χ3n) is 3.80. The Morgan fingerprint density at radius 2 is 2.00 bits per heavy atom. The maximum Gasteiger partial charge on any atom is 0.130 e. The lowest BCUT2D eigenvalue weighted by molar-refractivity contribution is -0.167. The second-order valence-corrected chi connectivity index (χ2v) is 6.57. The van der Waals surface area contributed by atoms with E-state index in [-0.39, 0.29) is 17.6 Å². The van der Waals surface area contributed by atoms with Gasteiger partial charge in [-0.2, -0.15) is 0 Å². The molecule has 0 radical (unpaired) electrons. The van der Waals surface area contributed by atoms with E-state index in [1.165, 1.54) is 5.56 Å². The zero-order chi connectivity index (χ0) is 15.5. The van der Waals surface area contributed by atoms with Crippen LogP contribution in [0.25, 0.3) is 0 Å². The van der Waals surface area contributed by atoms with Gasteiger partial charge in [0.25, 0.3) is 0 Å². The van der Waals surface area contributed by atoms with Crippen LogP contribution < -0.4 is 4.74 Å². The molecule has 3 unspecified atom stereocenters. The summed E-state index contributed by atoms with van der Waals surface area (Å²) in [5.41, 5.74) is 1.32. The molecule has 0 saturated heterocycles. The van der Waals surface area contributed by atoms with Gasteiger partial charge in [-0.1, -0.05) is 32.9 Å². The lowest BCUT2D eigenvalue weighted by Crippen LogP contribution is -2.55. The van der Waals surface area contributed by atoms with Gasteiger partial charge in [-0.05, 0) is 23.1 Å². The van der Waals surface area contributed by atoms with Crippen LogP contribution in [-0.4, -0.2) is 43.7 Å². The molecule has 1 aliphatic carbocycles. The summed E-state index contributed by atoms with van der Waals surface area (Å²) in [6, 6.07) is 8.13. The molecule has 1 aromatic carbocycles. The number of benzene rings is 1. The van der Waals surface area contributed by atoms with Crippen LogP contribution in [-0.2, 0) is 14.9 Å². The second kappa shape index (κ2) is 6.77. The van der Waals surface area contributed by atoms with Crippen LogP contribution >= 0.6 is 0 Å². The van der Waals surface area contributed by atoms with Crippen LogP contribution in [0.4, 0.5) is 0 Å². The molecule has 3 atom stereocenters. The molecular weight excluding hydrogens is 268 g/mol. The zero-order valence-corrected chi connectivity index (χ0v) is 13.3. The van der Waals surface area contributed by atoms with Gasteiger partial charge in [0.05, 0.1) is 19.3 Å². The second-order valence-electron chi connectivity index (χ2n) is 6.57. The standard InChI is InChI=1S/C17H26O4/c1-17(2,3)12-6-5-7-13(10-12)21-15-11-14(18)16(15)20-9-8-19-4/h5-7,10,14-16,18H,8-9,11H2,1-4H3. The lowest BCUT2D eigenvalue weighted by Gasteiger charge is -2.40. The van der Waals surface area contributed by atoms with Crippen molar-refractivity contribution in [2.24, 2.45) is 0 Å². The lowest BCUT2D eigenvalue weighted by atomic mass is 9.86. The number of aliphatic hydroxyl groups excluding tert-OH is 1. The average Bonchev–Trinajstić information content (AvgIpc) is 2.42. The Kier molecular flexibility index (Phi) is 5.25. The maximum atomic E-state index is 9.79. The molecule has 1 saturated carbocycles. The summed E-state index contributed by atoms with van der Waals surface area (Å²) >= 11 is 0. The largest absolute Gasteiger partial charge is 0.488 e. The van der Waals surface area contributed by atoms with Crippen molar-refractivity contribution in [3.8, 4) is 5.75 Å². The Hall–Kier alpha value is -1.10. The van der Waals surface area contributed by atoms with E-state index in [1.807, 2.05) is 12.1 Å². The highest BCUT2D eigenvalue weighted by molar-refractivity contribution is 5.33. The summed E-state index contributed by atoms with van der Waals surface area (Å²) < 4.78 is 16.5. The molecule has 0 heterocycles. The van der Waals surface area contributed by atoms with Crippen molar-refractivity contribution >= 4 is 0 Å². The minimum Gasteiger partial charge on any atom is -0.488 e. The highest BCUT2D eigenvalue weighted by Gasteiger charge is 2.42. The monoisotopic (exact) mass is 294 g/mol. The molecule has 1 aliphatic rings. The number of methoxy groups -OCH3 is 1. The smallest absolute Gasteiger partial charge is 0.130 e. The molecule has 1 fully saturated rings. The molecule has 0 aromatic heterocycles. The Balaban J connectivity index is 1.95. The van der Waals surface area contributed by atoms with Gasteiger partial charge in [0.1, 0.15) is 18.0 Å². The van der Waals surface area contributed by atoms with Crippen molar-refractivity contribution in [2.75, 3.05) is 20.3 Å². The van der Waals surface area contributed by atoms with Crippen molar-refractivity contribution in [3.05, 3.63) is 29.8 Å². The van der Waals surface area contributed by atoms with Crippen LogP contribution in [0.3, 0.4) is 0 Å². The van der Waals surface area contributed by atoms with Crippen molar-refractivity contribution in [2.45, 2.75) is 50.9 Å². The van der Waals surface area contributed by atoms with Gasteiger partial charge in [-0.15, -0.1) is 0 Å². The van der Waals surface area contributed by atoms with Crippen LogP contribution in [0.1, 0.15) is 32.8 Å². The fourth-order valence-corrected chi connectivity index (χ4v) is 2.37. The number of ether oxygens (including phenoxy) is 3. The SMILES string of the molecule is COCCOC1C(O)CC1Oc1cccc(C(C)(C)C)c1. The van der Waals surface area contributed by atoms with Gasteiger partial charge in [0.2, 0.25) is 0 Å². The third kappa shape index (κ3) is 4.19. The average molecular weight is 294 g/mol. The highest BCUT2D eigenvalue weighted by Crippen LogP contribution is 2.31. The number of rotatable bonds is 6. The summed E-state index contributed by atoms with van der Waals surface area (Å²) in [4.78, 5) is 0. The summed E-state index contributed by atoms with van der Waals surface area (Å²) in [7, 11) is 1.63. The molecule has 21 heavy (non-hydrogen) atoms. The van der Waals surface area contributed by atoms with E-state index < -0.39 is 6.10 Å². The summed E-state index contributed by atoms with van der Waals surface area (Å²) in [6.45, 7) is 7.52.